The molecule has 0 heterocycles. The van der Waals surface area contributed by atoms with Crippen LogP contribution in [0, 0.1) is 0 Å². The summed E-state index contributed by atoms with van der Waals surface area (Å²) in [5.74, 6) is 0. The molecule has 0 saturated heterocycles. The molecule has 1 aliphatic carbocycles. The number of hydrogen-bond donors (Lipinski definition) is 2. The van der Waals surface area contributed by atoms with Crippen LogP contribution in [0.2, 0.25) is 10.0 Å². The second-order valence-corrected chi connectivity index (χ2v) is 5.27. The van der Waals surface area contributed by atoms with Crippen molar-refractivity contribution < 1.29 is 5.11 Å². The zero-order valence-electron chi connectivity index (χ0n) is 8.92. The predicted octanol–water partition coefficient (Wildman–Crippen LogP) is 3.08. The maximum atomic E-state index is 10.6. The lowest BCUT2D eigenvalue weighted by Gasteiger charge is -2.36. The fourth-order valence-electron chi connectivity index (χ4n) is 2.40. The molecule has 2 rings (SSSR count). The fraction of sp³-hybridized carbons (Fsp3) is 0.500. The normalized spacial score (nSPS) is 30.4. The summed E-state index contributed by atoms with van der Waals surface area (Å²) in [6.07, 6.45) is 3.12. The number of aliphatic hydroxyl groups is 1. The minimum Gasteiger partial charge on any atom is -0.385 e. The van der Waals surface area contributed by atoms with Crippen LogP contribution in [0.5, 0.6) is 0 Å². The van der Waals surface area contributed by atoms with Crippen LogP contribution in [0.3, 0.4) is 0 Å². The van der Waals surface area contributed by atoms with Gasteiger partial charge in [-0.15, -0.1) is 0 Å². The number of hydrogen-bond acceptors (Lipinski definition) is 2. The Bertz CT molecular complexity index is 397. The van der Waals surface area contributed by atoms with E-state index in [2.05, 4.69) is 0 Å². The Morgan fingerprint density at radius 1 is 1.38 bits per heavy atom. The topological polar surface area (TPSA) is 46.2 Å². The number of benzene rings is 1. The van der Waals surface area contributed by atoms with E-state index in [1.54, 1.807) is 6.07 Å². The van der Waals surface area contributed by atoms with E-state index in [0.717, 1.165) is 12.8 Å². The quantitative estimate of drug-likeness (QED) is 0.815. The standard InChI is InChI=1S/C12H15Cl2NO/c13-10-5-1-4-9(11(10)14)12(16)6-2-3-8(15)7-12/h1,4-5,8,16H,2-3,6-7,15H2. The van der Waals surface area contributed by atoms with E-state index in [0.29, 0.717) is 28.5 Å². The molecule has 0 radical (unpaired) electrons. The Kier molecular flexibility index (Phi) is 3.45. The van der Waals surface area contributed by atoms with Crippen LogP contribution in [0.1, 0.15) is 31.2 Å². The third-order valence-corrected chi connectivity index (χ3v) is 4.04. The first kappa shape index (κ1) is 12.2. The lowest BCUT2D eigenvalue weighted by Crippen LogP contribution is -2.39. The van der Waals surface area contributed by atoms with E-state index in [4.69, 9.17) is 28.9 Å². The first-order valence-electron chi connectivity index (χ1n) is 5.45. The van der Waals surface area contributed by atoms with E-state index in [9.17, 15) is 5.11 Å². The lowest BCUT2D eigenvalue weighted by atomic mass is 9.77. The van der Waals surface area contributed by atoms with Crippen molar-refractivity contribution >= 4 is 23.2 Å². The smallest absolute Gasteiger partial charge is 0.0926 e. The molecule has 16 heavy (non-hydrogen) atoms. The van der Waals surface area contributed by atoms with Crippen molar-refractivity contribution in [3.05, 3.63) is 33.8 Å². The van der Waals surface area contributed by atoms with Crippen molar-refractivity contribution in [3.8, 4) is 0 Å². The Labute approximate surface area is 105 Å². The van der Waals surface area contributed by atoms with Gasteiger partial charge in [-0.3, -0.25) is 0 Å². The Morgan fingerprint density at radius 2 is 2.12 bits per heavy atom. The highest BCUT2D eigenvalue weighted by Crippen LogP contribution is 2.41. The highest BCUT2D eigenvalue weighted by Gasteiger charge is 2.36. The summed E-state index contributed by atoms with van der Waals surface area (Å²) in [6.45, 7) is 0. The van der Waals surface area contributed by atoms with Gasteiger partial charge in [0, 0.05) is 11.6 Å². The number of halogens is 2. The van der Waals surface area contributed by atoms with Gasteiger partial charge in [0.1, 0.15) is 0 Å². The molecule has 2 atom stereocenters. The summed E-state index contributed by atoms with van der Waals surface area (Å²) in [5, 5.41) is 11.5. The summed E-state index contributed by atoms with van der Waals surface area (Å²) in [6, 6.07) is 5.39. The second kappa shape index (κ2) is 4.53. The van der Waals surface area contributed by atoms with Crippen LogP contribution in [-0.2, 0) is 5.60 Å². The monoisotopic (exact) mass is 259 g/mol. The second-order valence-electron chi connectivity index (χ2n) is 4.49. The van der Waals surface area contributed by atoms with Crippen molar-refractivity contribution in [2.45, 2.75) is 37.3 Å². The van der Waals surface area contributed by atoms with E-state index in [1.165, 1.54) is 0 Å². The third-order valence-electron chi connectivity index (χ3n) is 3.22. The molecule has 2 unspecified atom stereocenters. The fourth-order valence-corrected chi connectivity index (χ4v) is 2.88. The molecule has 1 fully saturated rings. The maximum absolute atomic E-state index is 10.6. The summed E-state index contributed by atoms with van der Waals surface area (Å²) >= 11 is 12.1. The van der Waals surface area contributed by atoms with Gasteiger partial charge in [0.25, 0.3) is 0 Å². The van der Waals surface area contributed by atoms with Gasteiger partial charge >= 0.3 is 0 Å². The molecule has 0 spiro atoms. The molecule has 0 aromatic heterocycles. The lowest BCUT2D eigenvalue weighted by molar-refractivity contribution is -0.00706. The van der Waals surface area contributed by atoms with Crippen molar-refractivity contribution in [2.75, 3.05) is 0 Å². The van der Waals surface area contributed by atoms with Crippen LogP contribution >= 0.6 is 23.2 Å². The third kappa shape index (κ3) is 2.21. The van der Waals surface area contributed by atoms with Gasteiger partial charge in [0.2, 0.25) is 0 Å². The summed E-state index contributed by atoms with van der Waals surface area (Å²) in [4.78, 5) is 0. The van der Waals surface area contributed by atoms with E-state index in [-0.39, 0.29) is 6.04 Å². The zero-order chi connectivity index (χ0) is 11.8. The summed E-state index contributed by atoms with van der Waals surface area (Å²) < 4.78 is 0. The molecule has 4 heteroatoms. The Hall–Kier alpha value is -0.280. The zero-order valence-corrected chi connectivity index (χ0v) is 10.4. The molecule has 0 aliphatic heterocycles. The first-order chi connectivity index (χ1) is 7.53. The van der Waals surface area contributed by atoms with Crippen LogP contribution in [-0.4, -0.2) is 11.1 Å². The predicted molar refractivity (Wildman–Crippen MR) is 66.8 cm³/mol. The van der Waals surface area contributed by atoms with Crippen molar-refractivity contribution in [2.24, 2.45) is 5.73 Å². The molecule has 3 N–H and O–H groups in total. The number of nitrogens with two attached hydrogens (primary N) is 1. The van der Waals surface area contributed by atoms with Gasteiger partial charge in [-0.25, -0.2) is 0 Å². The van der Waals surface area contributed by atoms with Gasteiger partial charge in [-0.2, -0.15) is 0 Å². The molecule has 0 bridgehead atoms. The Balaban J connectivity index is 2.38. The van der Waals surface area contributed by atoms with Crippen LogP contribution < -0.4 is 5.73 Å². The van der Waals surface area contributed by atoms with Crippen LogP contribution in [0.25, 0.3) is 0 Å². The molecule has 2 nitrogen and oxygen atoms in total. The van der Waals surface area contributed by atoms with Gasteiger partial charge in [0.05, 0.1) is 15.6 Å². The molecule has 1 aromatic carbocycles. The highest BCUT2D eigenvalue weighted by atomic mass is 35.5. The molecule has 1 aliphatic rings. The van der Waals surface area contributed by atoms with Crippen LogP contribution in [0.15, 0.2) is 18.2 Å². The SMILES string of the molecule is NC1CCCC(O)(c2cccc(Cl)c2Cl)C1. The van der Waals surface area contributed by atoms with Crippen LogP contribution in [0.4, 0.5) is 0 Å². The highest BCUT2D eigenvalue weighted by molar-refractivity contribution is 6.42. The molecule has 1 aromatic rings. The van der Waals surface area contributed by atoms with E-state index < -0.39 is 5.60 Å². The minimum absolute atomic E-state index is 0.0359. The molecule has 0 amide bonds. The Morgan fingerprint density at radius 3 is 2.81 bits per heavy atom. The average Bonchev–Trinajstić information content (AvgIpc) is 2.21. The minimum atomic E-state index is -0.917. The van der Waals surface area contributed by atoms with Gasteiger partial charge in [-0.05, 0) is 31.7 Å². The average molecular weight is 260 g/mol. The van der Waals surface area contributed by atoms with Crippen molar-refractivity contribution in [1.82, 2.24) is 0 Å². The molecular weight excluding hydrogens is 245 g/mol. The number of rotatable bonds is 1. The summed E-state index contributed by atoms with van der Waals surface area (Å²) in [5.41, 5.74) is 5.69. The maximum Gasteiger partial charge on any atom is 0.0926 e. The van der Waals surface area contributed by atoms with Gasteiger partial charge in [0.15, 0.2) is 0 Å². The molecule has 1 saturated carbocycles. The van der Waals surface area contributed by atoms with Gasteiger partial charge < -0.3 is 10.8 Å². The largest absolute Gasteiger partial charge is 0.385 e. The summed E-state index contributed by atoms with van der Waals surface area (Å²) in [7, 11) is 0. The van der Waals surface area contributed by atoms with Crippen molar-refractivity contribution in [3.63, 3.8) is 0 Å². The molecule has 88 valence electrons. The molecular formula is C12H15Cl2NO. The van der Waals surface area contributed by atoms with Gasteiger partial charge in [-0.1, -0.05) is 35.3 Å². The van der Waals surface area contributed by atoms with E-state index in [1.807, 2.05) is 12.1 Å². The van der Waals surface area contributed by atoms with Crippen molar-refractivity contribution in [1.29, 1.82) is 0 Å². The first-order valence-corrected chi connectivity index (χ1v) is 6.21. The van der Waals surface area contributed by atoms with E-state index >= 15 is 0 Å².